The minimum Gasteiger partial charge on any atom is -0.459 e. The van der Waals surface area contributed by atoms with Gasteiger partial charge < -0.3 is 9.30 Å². The minimum atomic E-state index is -0.816. The summed E-state index contributed by atoms with van der Waals surface area (Å²) in [6, 6.07) is 5.87. The van der Waals surface area contributed by atoms with Crippen LogP contribution in [0.15, 0.2) is 40.2 Å². The van der Waals surface area contributed by atoms with E-state index >= 15 is 0 Å². The summed E-state index contributed by atoms with van der Waals surface area (Å²) in [5.74, 6) is -1.32. The summed E-state index contributed by atoms with van der Waals surface area (Å²) in [4.78, 5) is 40.8. The van der Waals surface area contributed by atoms with E-state index in [1.165, 1.54) is 40.7 Å². The van der Waals surface area contributed by atoms with Gasteiger partial charge in [-0.15, -0.1) is 0 Å². The third kappa shape index (κ3) is 2.95. The maximum absolute atomic E-state index is 13.5. The van der Waals surface area contributed by atoms with Crippen molar-refractivity contribution >= 4 is 17.1 Å². The largest absolute Gasteiger partial charge is 0.459 e. The van der Waals surface area contributed by atoms with Crippen LogP contribution in [0.5, 0.6) is 0 Å². The highest BCUT2D eigenvalue weighted by Crippen LogP contribution is 2.08. The number of esters is 1. The first-order valence-electron chi connectivity index (χ1n) is 7.40. The van der Waals surface area contributed by atoms with Gasteiger partial charge in [0.15, 0.2) is 11.2 Å². The molecule has 0 saturated carbocycles. The van der Waals surface area contributed by atoms with Crippen molar-refractivity contribution in [3.8, 4) is 0 Å². The predicted molar refractivity (Wildman–Crippen MR) is 86.4 cm³/mol. The van der Waals surface area contributed by atoms with Crippen LogP contribution in [-0.4, -0.2) is 24.7 Å². The molecule has 0 aliphatic heterocycles. The predicted octanol–water partition coefficient (Wildman–Crippen LogP) is 0.316. The van der Waals surface area contributed by atoms with Crippen LogP contribution in [0, 0.1) is 5.82 Å². The quantitative estimate of drug-likeness (QED) is 0.635. The molecule has 2 heterocycles. The SMILES string of the molecule is Cn1cnc2c1c(=O)n(CC(=O)OCc1ccccc1F)c(=O)n2C. The van der Waals surface area contributed by atoms with E-state index in [2.05, 4.69) is 4.98 Å². The number of aryl methyl sites for hydroxylation is 2. The Morgan fingerprint density at radius 3 is 2.68 bits per heavy atom. The lowest BCUT2D eigenvalue weighted by atomic mass is 10.2. The number of rotatable bonds is 4. The number of fused-ring (bicyclic) bond motifs is 1. The zero-order valence-corrected chi connectivity index (χ0v) is 13.6. The zero-order chi connectivity index (χ0) is 18.1. The Kier molecular flexibility index (Phi) is 4.22. The third-order valence-corrected chi connectivity index (χ3v) is 3.83. The molecule has 130 valence electrons. The van der Waals surface area contributed by atoms with E-state index in [4.69, 9.17) is 4.74 Å². The number of benzene rings is 1. The van der Waals surface area contributed by atoms with Gasteiger partial charge in [-0.25, -0.2) is 18.7 Å². The summed E-state index contributed by atoms with van der Waals surface area (Å²) < 4.78 is 21.9. The molecule has 0 amide bonds. The molecule has 0 atom stereocenters. The Hall–Kier alpha value is -3.23. The second kappa shape index (κ2) is 6.34. The fraction of sp³-hybridized carbons (Fsp3) is 0.250. The molecule has 1 aromatic carbocycles. The number of halogens is 1. The summed E-state index contributed by atoms with van der Waals surface area (Å²) in [5.41, 5.74) is -0.685. The number of hydrogen-bond donors (Lipinski definition) is 0. The van der Waals surface area contributed by atoms with Crippen molar-refractivity contribution in [2.75, 3.05) is 0 Å². The first-order valence-corrected chi connectivity index (χ1v) is 7.40. The van der Waals surface area contributed by atoms with Gasteiger partial charge in [0.2, 0.25) is 0 Å². The lowest BCUT2D eigenvalue weighted by Gasteiger charge is -2.09. The van der Waals surface area contributed by atoms with Gasteiger partial charge in [0, 0.05) is 19.7 Å². The van der Waals surface area contributed by atoms with Crippen molar-refractivity contribution < 1.29 is 13.9 Å². The molecular formula is C16H15FN4O4. The van der Waals surface area contributed by atoms with Gasteiger partial charge in [0.1, 0.15) is 19.0 Å². The van der Waals surface area contributed by atoms with Crippen molar-refractivity contribution in [2.45, 2.75) is 13.2 Å². The molecule has 0 spiro atoms. The van der Waals surface area contributed by atoms with Crippen molar-refractivity contribution in [2.24, 2.45) is 14.1 Å². The molecule has 0 radical (unpaired) electrons. The molecule has 0 aliphatic carbocycles. The smallest absolute Gasteiger partial charge is 0.333 e. The lowest BCUT2D eigenvalue weighted by molar-refractivity contribution is -0.145. The Morgan fingerprint density at radius 2 is 1.96 bits per heavy atom. The molecular weight excluding hydrogens is 331 g/mol. The second-order valence-corrected chi connectivity index (χ2v) is 5.51. The second-order valence-electron chi connectivity index (χ2n) is 5.51. The molecule has 3 aromatic rings. The van der Waals surface area contributed by atoms with Crippen LogP contribution in [0.3, 0.4) is 0 Å². The monoisotopic (exact) mass is 346 g/mol. The van der Waals surface area contributed by atoms with Gasteiger partial charge in [0.05, 0.1) is 6.33 Å². The fourth-order valence-electron chi connectivity index (χ4n) is 2.48. The van der Waals surface area contributed by atoms with Gasteiger partial charge in [-0.3, -0.25) is 14.2 Å². The summed E-state index contributed by atoms with van der Waals surface area (Å²) in [5, 5.41) is 0. The van der Waals surface area contributed by atoms with Gasteiger partial charge in [-0.2, -0.15) is 0 Å². The molecule has 0 unspecified atom stereocenters. The number of hydrogen-bond acceptors (Lipinski definition) is 5. The van der Waals surface area contributed by atoms with E-state index in [0.717, 1.165) is 4.57 Å². The summed E-state index contributed by atoms with van der Waals surface area (Å²) in [7, 11) is 3.07. The maximum Gasteiger partial charge on any atom is 0.333 e. The van der Waals surface area contributed by atoms with Crippen LogP contribution in [0.2, 0.25) is 0 Å². The van der Waals surface area contributed by atoms with E-state index in [1.54, 1.807) is 13.1 Å². The van der Waals surface area contributed by atoms with Gasteiger partial charge in [-0.1, -0.05) is 18.2 Å². The molecule has 0 fully saturated rings. The topological polar surface area (TPSA) is 88.1 Å². The third-order valence-electron chi connectivity index (χ3n) is 3.83. The Bertz CT molecular complexity index is 1080. The Labute approximate surface area is 140 Å². The van der Waals surface area contributed by atoms with Crippen LogP contribution in [-0.2, 0) is 36.8 Å². The van der Waals surface area contributed by atoms with Crippen molar-refractivity contribution in [1.29, 1.82) is 0 Å². The Morgan fingerprint density at radius 1 is 1.24 bits per heavy atom. The highest BCUT2D eigenvalue weighted by atomic mass is 19.1. The number of carbonyl (C=O) groups excluding carboxylic acids is 1. The Balaban J connectivity index is 1.87. The maximum atomic E-state index is 13.5. The number of imidazole rings is 1. The number of aromatic nitrogens is 4. The van der Waals surface area contributed by atoms with E-state index in [-0.39, 0.29) is 23.3 Å². The first-order chi connectivity index (χ1) is 11.9. The highest BCUT2D eigenvalue weighted by Gasteiger charge is 2.17. The zero-order valence-electron chi connectivity index (χ0n) is 13.6. The van der Waals surface area contributed by atoms with Crippen molar-refractivity contribution in [3.63, 3.8) is 0 Å². The normalized spacial score (nSPS) is 11.0. The van der Waals surface area contributed by atoms with Crippen LogP contribution in [0.1, 0.15) is 5.56 Å². The van der Waals surface area contributed by atoms with Crippen molar-refractivity contribution in [1.82, 2.24) is 18.7 Å². The van der Waals surface area contributed by atoms with Gasteiger partial charge in [-0.05, 0) is 6.07 Å². The van der Waals surface area contributed by atoms with Crippen LogP contribution in [0.25, 0.3) is 11.2 Å². The van der Waals surface area contributed by atoms with Gasteiger partial charge in [0.25, 0.3) is 5.56 Å². The standard InChI is InChI=1S/C16H15FN4O4/c1-19-9-18-14-13(19)15(23)21(16(24)20(14)2)7-12(22)25-8-10-5-3-4-6-11(10)17/h3-6,9H,7-8H2,1-2H3. The van der Waals surface area contributed by atoms with Crippen LogP contribution >= 0.6 is 0 Å². The highest BCUT2D eigenvalue weighted by molar-refractivity contribution is 5.72. The van der Waals surface area contributed by atoms with E-state index in [9.17, 15) is 18.8 Å². The van der Waals surface area contributed by atoms with E-state index in [1.807, 2.05) is 0 Å². The molecule has 0 saturated heterocycles. The first kappa shape index (κ1) is 16.6. The number of nitrogens with zero attached hydrogens (tertiary/aromatic N) is 4. The molecule has 2 aromatic heterocycles. The number of ether oxygens (including phenoxy) is 1. The molecule has 25 heavy (non-hydrogen) atoms. The molecule has 0 aliphatic rings. The molecule has 0 bridgehead atoms. The molecule has 0 N–H and O–H groups in total. The minimum absolute atomic E-state index is 0.198. The fourth-order valence-corrected chi connectivity index (χ4v) is 2.48. The summed E-state index contributed by atoms with van der Waals surface area (Å²) in [6.45, 7) is -0.852. The molecule has 3 rings (SSSR count). The van der Waals surface area contributed by atoms with E-state index < -0.39 is 29.6 Å². The molecule has 8 nitrogen and oxygen atoms in total. The molecule has 9 heteroatoms. The average molecular weight is 346 g/mol. The lowest BCUT2D eigenvalue weighted by Crippen LogP contribution is -2.41. The van der Waals surface area contributed by atoms with Crippen molar-refractivity contribution in [3.05, 3.63) is 62.8 Å². The summed E-state index contributed by atoms with van der Waals surface area (Å²) in [6.07, 6.45) is 1.41. The average Bonchev–Trinajstić information content (AvgIpc) is 2.98. The van der Waals surface area contributed by atoms with Crippen LogP contribution in [0.4, 0.5) is 4.39 Å². The summed E-state index contributed by atoms with van der Waals surface area (Å²) >= 11 is 0. The number of carbonyl (C=O) groups is 1. The van der Waals surface area contributed by atoms with E-state index in [0.29, 0.717) is 0 Å². The van der Waals surface area contributed by atoms with Crippen LogP contribution < -0.4 is 11.2 Å². The van der Waals surface area contributed by atoms with Gasteiger partial charge >= 0.3 is 11.7 Å².